The average molecular weight is 272 g/mol. The first-order valence-electron chi connectivity index (χ1n) is 7.92. The zero-order chi connectivity index (χ0) is 13.8. The minimum absolute atomic E-state index is 0.171. The van der Waals surface area contributed by atoms with E-state index in [2.05, 4.69) is 22.8 Å². The van der Waals surface area contributed by atoms with Crippen LogP contribution in [0.1, 0.15) is 50.5 Å². The molecular weight excluding hydrogens is 248 g/mol. The van der Waals surface area contributed by atoms with E-state index in [0.717, 1.165) is 18.3 Å². The van der Waals surface area contributed by atoms with Gasteiger partial charge in [0.05, 0.1) is 0 Å². The van der Waals surface area contributed by atoms with E-state index < -0.39 is 0 Å². The molecule has 0 heterocycles. The first-order valence-corrected chi connectivity index (χ1v) is 7.92. The number of hydrogen-bond donors (Lipinski definition) is 2. The van der Waals surface area contributed by atoms with Crippen molar-refractivity contribution in [2.24, 2.45) is 5.92 Å². The van der Waals surface area contributed by atoms with Crippen LogP contribution in [0.25, 0.3) is 0 Å². The fourth-order valence-corrected chi connectivity index (χ4v) is 3.00. The van der Waals surface area contributed by atoms with Crippen LogP contribution >= 0.6 is 0 Å². The number of nitrogens with one attached hydrogen (secondary N) is 2. The molecule has 3 heteroatoms. The van der Waals surface area contributed by atoms with Crippen molar-refractivity contribution < 1.29 is 4.79 Å². The average Bonchev–Trinajstić information content (AvgIpc) is 3.14. The molecule has 0 atom stereocenters. The number of anilines is 1. The van der Waals surface area contributed by atoms with Gasteiger partial charge in [-0.1, -0.05) is 25.0 Å². The molecule has 3 nitrogen and oxygen atoms in total. The van der Waals surface area contributed by atoms with Gasteiger partial charge in [0.2, 0.25) is 5.91 Å². The molecule has 1 aromatic rings. The molecule has 2 saturated carbocycles. The molecule has 0 unspecified atom stereocenters. The van der Waals surface area contributed by atoms with Crippen molar-refractivity contribution in [3.05, 3.63) is 29.8 Å². The Labute approximate surface area is 121 Å². The highest BCUT2D eigenvalue weighted by Gasteiger charge is 2.20. The molecule has 2 fully saturated rings. The van der Waals surface area contributed by atoms with Gasteiger partial charge in [0.25, 0.3) is 0 Å². The van der Waals surface area contributed by atoms with E-state index >= 15 is 0 Å². The molecule has 20 heavy (non-hydrogen) atoms. The van der Waals surface area contributed by atoms with Crippen LogP contribution in [0, 0.1) is 5.92 Å². The maximum atomic E-state index is 12.0. The maximum absolute atomic E-state index is 12.0. The number of carbonyl (C=O) groups is 1. The molecule has 0 radical (unpaired) electrons. The number of hydrogen-bond acceptors (Lipinski definition) is 2. The summed E-state index contributed by atoms with van der Waals surface area (Å²) < 4.78 is 0. The van der Waals surface area contributed by atoms with Crippen molar-refractivity contribution in [1.82, 2.24) is 5.32 Å². The summed E-state index contributed by atoms with van der Waals surface area (Å²) in [6, 6.07) is 8.92. The number of carbonyl (C=O) groups excluding carboxylic acids is 1. The normalized spacial score (nSPS) is 19.2. The minimum atomic E-state index is 0.171. The third-order valence-corrected chi connectivity index (χ3v) is 4.33. The summed E-state index contributed by atoms with van der Waals surface area (Å²) in [4.78, 5) is 12.0. The van der Waals surface area contributed by atoms with Crippen molar-refractivity contribution in [1.29, 1.82) is 0 Å². The second-order valence-corrected chi connectivity index (χ2v) is 6.26. The Morgan fingerprint density at radius 3 is 2.70 bits per heavy atom. The second kappa shape index (κ2) is 6.40. The van der Waals surface area contributed by atoms with E-state index in [1.54, 1.807) is 0 Å². The lowest BCUT2D eigenvalue weighted by molar-refractivity contribution is -0.117. The summed E-state index contributed by atoms with van der Waals surface area (Å²) in [5.41, 5.74) is 2.18. The smallest absolute Gasteiger partial charge is 0.224 e. The Hall–Kier alpha value is -1.35. The highest BCUT2D eigenvalue weighted by atomic mass is 16.1. The van der Waals surface area contributed by atoms with Gasteiger partial charge in [0, 0.05) is 24.7 Å². The predicted octanol–water partition coefficient (Wildman–Crippen LogP) is 3.46. The van der Waals surface area contributed by atoms with Gasteiger partial charge in [-0.2, -0.15) is 0 Å². The third-order valence-electron chi connectivity index (χ3n) is 4.33. The monoisotopic (exact) mass is 272 g/mol. The molecule has 0 bridgehead atoms. The van der Waals surface area contributed by atoms with E-state index in [1.165, 1.54) is 44.1 Å². The zero-order valence-corrected chi connectivity index (χ0v) is 12.0. The molecule has 0 aliphatic heterocycles. The van der Waals surface area contributed by atoms with Gasteiger partial charge in [0.1, 0.15) is 0 Å². The molecular formula is C17H24N2O. The summed E-state index contributed by atoms with van der Waals surface area (Å²) in [6.45, 7) is 0.900. The van der Waals surface area contributed by atoms with Crippen LogP contribution in [0.4, 0.5) is 5.69 Å². The van der Waals surface area contributed by atoms with Crippen LogP contribution in [-0.2, 0) is 11.3 Å². The number of benzene rings is 1. The largest absolute Gasteiger partial charge is 0.326 e. The predicted molar refractivity (Wildman–Crippen MR) is 81.5 cm³/mol. The lowest BCUT2D eigenvalue weighted by Gasteiger charge is -2.11. The Balaban J connectivity index is 1.50. The summed E-state index contributed by atoms with van der Waals surface area (Å²) in [7, 11) is 0. The first-order chi connectivity index (χ1) is 9.79. The highest BCUT2D eigenvalue weighted by Crippen LogP contribution is 2.27. The van der Waals surface area contributed by atoms with Gasteiger partial charge in [-0.15, -0.1) is 0 Å². The van der Waals surface area contributed by atoms with Gasteiger partial charge in [-0.25, -0.2) is 0 Å². The van der Waals surface area contributed by atoms with E-state index in [4.69, 9.17) is 0 Å². The lowest BCUT2D eigenvalue weighted by Crippen LogP contribution is -2.17. The van der Waals surface area contributed by atoms with E-state index in [0.29, 0.717) is 12.3 Å². The van der Waals surface area contributed by atoms with Crippen LogP contribution in [-0.4, -0.2) is 11.9 Å². The molecule has 2 N–H and O–H groups in total. The van der Waals surface area contributed by atoms with Gasteiger partial charge < -0.3 is 10.6 Å². The van der Waals surface area contributed by atoms with Gasteiger partial charge in [-0.3, -0.25) is 4.79 Å². The number of rotatable bonds is 6. The molecule has 0 saturated heterocycles. The molecule has 2 aliphatic rings. The van der Waals surface area contributed by atoms with Crippen LogP contribution < -0.4 is 10.6 Å². The molecule has 3 rings (SSSR count). The van der Waals surface area contributed by atoms with Gasteiger partial charge in [0.15, 0.2) is 0 Å². The minimum Gasteiger partial charge on any atom is -0.326 e. The van der Waals surface area contributed by atoms with Crippen LogP contribution in [0.2, 0.25) is 0 Å². The van der Waals surface area contributed by atoms with Gasteiger partial charge in [-0.05, 0) is 49.3 Å². The van der Waals surface area contributed by atoms with Crippen molar-refractivity contribution in [2.75, 3.05) is 5.32 Å². The third kappa shape index (κ3) is 4.07. The maximum Gasteiger partial charge on any atom is 0.224 e. The Morgan fingerprint density at radius 1 is 1.15 bits per heavy atom. The summed E-state index contributed by atoms with van der Waals surface area (Å²) >= 11 is 0. The Morgan fingerprint density at radius 2 is 1.95 bits per heavy atom. The van der Waals surface area contributed by atoms with Crippen molar-refractivity contribution in [3.63, 3.8) is 0 Å². The lowest BCUT2D eigenvalue weighted by atomic mass is 10.0. The molecule has 0 spiro atoms. The fraction of sp³-hybridized carbons (Fsp3) is 0.588. The van der Waals surface area contributed by atoms with E-state index in [1.807, 2.05) is 12.1 Å². The van der Waals surface area contributed by atoms with Crippen LogP contribution in [0.15, 0.2) is 24.3 Å². The topological polar surface area (TPSA) is 41.1 Å². The number of amides is 1. The van der Waals surface area contributed by atoms with Crippen molar-refractivity contribution >= 4 is 11.6 Å². The van der Waals surface area contributed by atoms with Crippen LogP contribution in [0.5, 0.6) is 0 Å². The van der Waals surface area contributed by atoms with E-state index in [-0.39, 0.29) is 5.91 Å². The summed E-state index contributed by atoms with van der Waals surface area (Å²) in [5, 5.41) is 6.55. The SMILES string of the molecule is O=C(CC1CCCC1)Nc1cccc(CNC2CC2)c1. The van der Waals surface area contributed by atoms with Crippen molar-refractivity contribution in [3.8, 4) is 0 Å². The standard InChI is InChI=1S/C17H24N2O/c20-17(11-13-4-1-2-5-13)19-16-7-3-6-14(10-16)12-18-15-8-9-15/h3,6-7,10,13,15,18H,1-2,4-5,8-9,11-12H2,(H,19,20). The van der Waals surface area contributed by atoms with E-state index in [9.17, 15) is 4.79 Å². The summed E-state index contributed by atoms with van der Waals surface area (Å²) in [6.07, 6.45) is 8.32. The van der Waals surface area contributed by atoms with Gasteiger partial charge >= 0.3 is 0 Å². The Bertz CT molecular complexity index is 462. The fourth-order valence-electron chi connectivity index (χ4n) is 3.00. The molecule has 2 aliphatic carbocycles. The Kier molecular flexibility index (Phi) is 4.36. The molecule has 108 valence electrons. The molecule has 0 aromatic heterocycles. The molecule has 1 aromatic carbocycles. The first kappa shape index (κ1) is 13.6. The summed E-state index contributed by atoms with van der Waals surface area (Å²) in [5.74, 6) is 0.777. The highest BCUT2D eigenvalue weighted by molar-refractivity contribution is 5.90. The zero-order valence-electron chi connectivity index (χ0n) is 12.0. The van der Waals surface area contributed by atoms with Crippen molar-refractivity contribution in [2.45, 2.75) is 57.5 Å². The van der Waals surface area contributed by atoms with Crippen LogP contribution in [0.3, 0.4) is 0 Å². The second-order valence-electron chi connectivity index (χ2n) is 6.26. The molecule has 1 amide bonds. The quantitative estimate of drug-likeness (QED) is 0.832.